The van der Waals surface area contributed by atoms with Crippen LogP contribution in [0.3, 0.4) is 0 Å². The van der Waals surface area contributed by atoms with Gasteiger partial charge in [-0.3, -0.25) is 4.98 Å². The van der Waals surface area contributed by atoms with Crippen molar-refractivity contribution in [2.24, 2.45) is 5.92 Å². The molecule has 1 fully saturated rings. The SMILES string of the molecule is Cc1nc2cnc3cc(F)c(-c4ccc(Oc5ncccn5)cc4Cl)cc3c2n1C1CCN(CC(CO)CO)CC1. The van der Waals surface area contributed by atoms with E-state index in [4.69, 9.17) is 21.3 Å². The predicted molar refractivity (Wildman–Crippen MR) is 155 cm³/mol. The van der Waals surface area contributed by atoms with Crippen LogP contribution in [0.4, 0.5) is 4.39 Å². The summed E-state index contributed by atoms with van der Waals surface area (Å²) in [5, 5.41) is 20.1. The van der Waals surface area contributed by atoms with Gasteiger partial charge in [-0.1, -0.05) is 11.6 Å². The van der Waals surface area contributed by atoms with E-state index in [1.165, 1.54) is 6.07 Å². The molecule has 1 aliphatic rings. The molecule has 0 aliphatic carbocycles. The Balaban J connectivity index is 1.35. The van der Waals surface area contributed by atoms with E-state index < -0.39 is 5.82 Å². The molecule has 0 unspecified atom stereocenters. The molecule has 0 bridgehead atoms. The van der Waals surface area contributed by atoms with E-state index >= 15 is 4.39 Å². The minimum Gasteiger partial charge on any atom is -0.424 e. The van der Waals surface area contributed by atoms with Crippen LogP contribution in [-0.2, 0) is 0 Å². The molecule has 5 aromatic rings. The van der Waals surface area contributed by atoms with Crippen LogP contribution in [0.2, 0.25) is 5.02 Å². The standard InChI is InChI=1S/C30H30ClFN6O3/c1-18-36-28-14-35-27-13-26(32)23(22-4-3-21(11-25(22)31)41-30-33-7-2-8-34-30)12-24(27)29(28)38(18)20-5-9-37(10-6-20)15-19(16-39)17-40/h2-4,7-8,11-14,19-20,39-40H,5-6,9-10,15-17H2,1H3. The van der Waals surface area contributed by atoms with Crippen molar-refractivity contribution >= 4 is 33.5 Å². The van der Waals surface area contributed by atoms with E-state index in [1.54, 1.807) is 42.9 Å². The van der Waals surface area contributed by atoms with Crippen LogP contribution in [0.5, 0.6) is 11.8 Å². The summed E-state index contributed by atoms with van der Waals surface area (Å²) in [4.78, 5) is 19.7. The molecule has 212 valence electrons. The average molecular weight is 577 g/mol. The number of rotatable bonds is 8. The second-order valence-corrected chi connectivity index (χ2v) is 10.8. The summed E-state index contributed by atoms with van der Waals surface area (Å²) in [5.41, 5.74) is 3.12. The summed E-state index contributed by atoms with van der Waals surface area (Å²) >= 11 is 6.64. The van der Waals surface area contributed by atoms with Gasteiger partial charge in [0.1, 0.15) is 22.9 Å². The molecule has 1 saturated heterocycles. The quantitative estimate of drug-likeness (QED) is 0.260. The highest BCUT2D eigenvalue weighted by Crippen LogP contribution is 2.38. The third-order valence-corrected chi connectivity index (χ3v) is 8.03. The van der Waals surface area contributed by atoms with Gasteiger partial charge in [0.25, 0.3) is 0 Å². The van der Waals surface area contributed by atoms with Crippen LogP contribution in [-0.4, -0.2) is 72.5 Å². The van der Waals surface area contributed by atoms with Gasteiger partial charge in [0, 0.05) is 85.8 Å². The van der Waals surface area contributed by atoms with Gasteiger partial charge in [0.05, 0.1) is 22.3 Å². The number of aryl methyl sites for hydroxylation is 1. The highest BCUT2D eigenvalue weighted by Gasteiger charge is 2.26. The van der Waals surface area contributed by atoms with Crippen molar-refractivity contribution < 1.29 is 19.3 Å². The Bertz CT molecular complexity index is 1690. The summed E-state index contributed by atoms with van der Waals surface area (Å²) < 4.78 is 23.4. The molecule has 2 aromatic carbocycles. The largest absolute Gasteiger partial charge is 0.424 e. The maximum Gasteiger partial charge on any atom is 0.321 e. The minimum atomic E-state index is -0.426. The molecule has 0 spiro atoms. The predicted octanol–water partition coefficient (Wildman–Crippen LogP) is 5.17. The number of pyridine rings is 1. The third kappa shape index (κ3) is 5.48. The second-order valence-electron chi connectivity index (χ2n) is 10.4. The molecule has 0 radical (unpaired) electrons. The van der Waals surface area contributed by atoms with Crippen molar-refractivity contribution in [2.45, 2.75) is 25.8 Å². The Morgan fingerprint density at radius 3 is 2.49 bits per heavy atom. The van der Waals surface area contributed by atoms with Crippen molar-refractivity contribution in [3.8, 4) is 22.9 Å². The van der Waals surface area contributed by atoms with Crippen LogP contribution in [0, 0.1) is 18.7 Å². The molecule has 0 saturated carbocycles. The average Bonchev–Trinajstić information content (AvgIpc) is 3.33. The lowest BCUT2D eigenvalue weighted by atomic mass is 10.00. The first-order chi connectivity index (χ1) is 19.9. The first kappa shape index (κ1) is 27.5. The normalized spacial score (nSPS) is 14.9. The zero-order valence-electron chi connectivity index (χ0n) is 22.5. The van der Waals surface area contributed by atoms with E-state index in [0.29, 0.717) is 34.0 Å². The summed E-state index contributed by atoms with van der Waals surface area (Å²) in [6.07, 6.45) is 6.65. The fourth-order valence-electron chi connectivity index (χ4n) is 5.69. The van der Waals surface area contributed by atoms with Crippen molar-refractivity contribution in [1.29, 1.82) is 0 Å². The number of aromatic nitrogens is 5. The maximum atomic E-state index is 15.5. The summed E-state index contributed by atoms with van der Waals surface area (Å²) in [7, 11) is 0. The van der Waals surface area contributed by atoms with Gasteiger partial charge >= 0.3 is 6.01 Å². The lowest BCUT2D eigenvalue weighted by Crippen LogP contribution is -2.39. The number of aliphatic hydroxyl groups excluding tert-OH is 2. The Morgan fingerprint density at radius 1 is 1.02 bits per heavy atom. The van der Waals surface area contributed by atoms with Crippen molar-refractivity contribution in [3.05, 3.63) is 71.7 Å². The van der Waals surface area contributed by atoms with Crippen LogP contribution in [0.15, 0.2) is 55.0 Å². The first-order valence-electron chi connectivity index (χ1n) is 13.6. The number of fused-ring (bicyclic) bond motifs is 3. The van der Waals surface area contributed by atoms with Crippen LogP contribution >= 0.6 is 11.6 Å². The van der Waals surface area contributed by atoms with Gasteiger partial charge in [0.2, 0.25) is 0 Å². The molecule has 1 aliphatic heterocycles. The number of aliphatic hydroxyl groups is 2. The van der Waals surface area contributed by atoms with Gasteiger partial charge in [-0.25, -0.2) is 19.3 Å². The monoisotopic (exact) mass is 576 g/mol. The smallest absolute Gasteiger partial charge is 0.321 e. The number of halogens is 2. The van der Waals surface area contributed by atoms with Crippen LogP contribution in [0.1, 0.15) is 24.7 Å². The fourth-order valence-corrected chi connectivity index (χ4v) is 5.96. The fraction of sp³-hybridized carbons (Fsp3) is 0.333. The summed E-state index contributed by atoms with van der Waals surface area (Å²) in [6.45, 7) is 4.30. The van der Waals surface area contributed by atoms with Gasteiger partial charge < -0.3 is 24.4 Å². The zero-order chi connectivity index (χ0) is 28.5. The Hall–Kier alpha value is -3.70. The van der Waals surface area contributed by atoms with Gasteiger partial charge in [0.15, 0.2) is 0 Å². The number of nitrogens with zero attached hydrogens (tertiary/aromatic N) is 6. The van der Waals surface area contributed by atoms with E-state index in [2.05, 4.69) is 24.4 Å². The number of ether oxygens (including phenoxy) is 1. The van der Waals surface area contributed by atoms with E-state index in [-0.39, 0.29) is 31.2 Å². The molecule has 0 atom stereocenters. The van der Waals surface area contributed by atoms with Crippen molar-refractivity contribution in [2.75, 3.05) is 32.8 Å². The molecule has 0 amide bonds. The number of piperidine rings is 1. The lowest BCUT2D eigenvalue weighted by molar-refractivity contribution is 0.0925. The first-order valence-corrected chi connectivity index (χ1v) is 14.0. The Labute approximate surface area is 241 Å². The van der Waals surface area contributed by atoms with Gasteiger partial charge in [-0.2, -0.15) is 0 Å². The highest BCUT2D eigenvalue weighted by atomic mass is 35.5. The van der Waals surface area contributed by atoms with Crippen molar-refractivity contribution in [3.63, 3.8) is 0 Å². The molecule has 3 aromatic heterocycles. The number of hydrogen-bond donors (Lipinski definition) is 2. The molecule has 9 nitrogen and oxygen atoms in total. The lowest BCUT2D eigenvalue weighted by Gasteiger charge is -2.34. The second kappa shape index (κ2) is 11.7. The maximum absolute atomic E-state index is 15.5. The highest BCUT2D eigenvalue weighted by molar-refractivity contribution is 6.33. The zero-order valence-corrected chi connectivity index (χ0v) is 23.3. The van der Waals surface area contributed by atoms with Crippen LogP contribution < -0.4 is 4.74 Å². The molecule has 2 N–H and O–H groups in total. The molecule has 6 rings (SSSR count). The third-order valence-electron chi connectivity index (χ3n) is 7.72. The van der Waals surface area contributed by atoms with E-state index in [0.717, 1.165) is 48.2 Å². The summed E-state index contributed by atoms with van der Waals surface area (Å²) in [5.74, 6) is 0.763. The topological polar surface area (TPSA) is 109 Å². The molecular weight excluding hydrogens is 547 g/mol. The van der Waals surface area contributed by atoms with Gasteiger partial charge in [-0.05, 0) is 44.0 Å². The van der Waals surface area contributed by atoms with Gasteiger partial charge in [-0.15, -0.1) is 0 Å². The van der Waals surface area contributed by atoms with Crippen molar-refractivity contribution in [1.82, 2.24) is 29.4 Å². The number of hydrogen-bond acceptors (Lipinski definition) is 8. The van der Waals surface area contributed by atoms with E-state index in [1.807, 2.05) is 13.0 Å². The summed E-state index contributed by atoms with van der Waals surface area (Å²) in [6, 6.07) is 10.4. The molecule has 41 heavy (non-hydrogen) atoms. The molecular formula is C30H30ClFN6O3. The Morgan fingerprint density at radius 2 is 1.78 bits per heavy atom. The Kier molecular flexibility index (Phi) is 7.81. The minimum absolute atomic E-state index is 0.0270. The number of benzene rings is 2. The van der Waals surface area contributed by atoms with Crippen LogP contribution in [0.25, 0.3) is 33.1 Å². The number of likely N-dealkylation sites (tertiary alicyclic amines) is 1. The number of imidazole rings is 1. The molecule has 4 heterocycles. The molecule has 11 heteroatoms. The van der Waals surface area contributed by atoms with E-state index in [9.17, 15) is 10.2 Å².